The molecule has 2 aromatic carbocycles. The third kappa shape index (κ3) is 4.33. The van der Waals surface area contributed by atoms with Gasteiger partial charge in [-0.1, -0.05) is 30.3 Å². The molecule has 0 aliphatic carbocycles. The minimum Gasteiger partial charge on any atom is -0.497 e. The Morgan fingerprint density at radius 2 is 1.71 bits per heavy atom. The fraction of sp³-hybridized carbons (Fsp3) is 0.296. The van der Waals surface area contributed by atoms with Crippen LogP contribution in [-0.2, 0) is 11.2 Å². The van der Waals surface area contributed by atoms with Crippen LogP contribution in [0.4, 0.5) is 4.79 Å². The smallest absolute Gasteiger partial charge is 0.325 e. The Hall–Kier alpha value is -3.87. The summed E-state index contributed by atoms with van der Waals surface area (Å²) in [7, 11) is 1.61. The fourth-order valence-corrected chi connectivity index (χ4v) is 4.49. The monoisotopic (exact) mass is 459 g/mol. The fourth-order valence-electron chi connectivity index (χ4n) is 4.49. The number of aryl methyl sites for hydroxylation is 2. The molecule has 0 saturated carbocycles. The molecular weight excluding hydrogens is 430 g/mol. The van der Waals surface area contributed by atoms with Crippen molar-refractivity contribution in [1.82, 2.24) is 14.8 Å². The van der Waals surface area contributed by atoms with Crippen molar-refractivity contribution < 1.29 is 19.1 Å². The lowest BCUT2D eigenvalue weighted by Gasteiger charge is -2.21. The second-order valence-corrected chi connectivity index (χ2v) is 8.88. The first-order valence-corrected chi connectivity index (χ1v) is 11.3. The van der Waals surface area contributed by atoms with Crippen molar-refractivity contribution in [3.8, 4) is 11.4 Å². The number of nitrogens with one attached hydrogen (secondary N) is 1. The van der Waals surface area contributed by atoms with Crippen molar-refractivity contribution in [2.45, 2.75) is 39.2 Å². The molecule has 0 bridgehead atoms. The maximum absolute atomic E-state index is 13.2. The van der Waals surface area contributed by atoms with Crippen LogP contribution in [0.25, 0.3) is 5.69 Å². The quantitative estimate of drug-likeness (QED) is 0.404. The summed E-state index contributed by atoms with van der Waals surface area (Å²) in [5.41, 5.74) is 3.13. The van der Waals surface area contributed by atoms with Gasteiger partial charge in [0.05, 0.1) is 13.7 Å². The van der Waals surface area contributed by atoms with E-state index < -0.39 is 11.6 Å². The van der Waals surface area contributed by atoms with E-state index in [0.717, 1.165) is 33.3 Å². The minimum absolute atomic E-state index is 0.266. The first-order chi connectivity index (χ1) is 16.2. The Kier molecular flexibility index (Phi) is 6.28. The van der Waals surface area contributed by atoms with Gasteiger partial charge in [0.1, 0.15) is 11.3 Å². The van der Waals surface area contributed by atoms with Crippen LogP contribution in [0.3, 0.4) is 0 Å². The zero-order valence-electron chi connectivity index (χ0n) is 19.9. The summed E-state index contributed by atoms with van der Waals surface area (Å²) in [5, 5.41) is 2.79. The standard InChI is InChI=1S/C27H29N3O4/c1-18-16-23(19(2)30(18)21-8-6-5-7-9-21)24(31)17-29-25(32)27(3,28-26(29)33)15-14-20-10-12-22(34-4)13-11-20/h5-13,16H,14-15,17H2,1-4H3,(H,28,33)/t27-/m1/s1. The number of ether oxygens (including phenoxy) is 1. The van der Waals surface area contributed by atoms with Crippen LogP contribution in [0.15, 0.2) is 60.7 Å². The van der Waals surface area contributed by atoms with E-state index in [1.165, 1.54) is 0 Å². The van der Waals surface area contributed by atoms with Crippen molar-refractivity contribution in [3.05, 3.63) is 83.2 Å². The molecule has 0 spiro atoms. The Balaban J connectivity index is 1.47. The molecule has 0 unspecified atom stereocenters. The van der Waals surface area contributed by atoms with Crippen LogP contribution in [-0.4, -0.2) is 46.4 Å². The van der Waals surface area contributed by atoms with Crippen molar-refractivity contribution in [1.29, 1.82) is 0 Å². The van der Waals surface area contributed by atoms with E-state index in [1.807, 2.05) is 79.1 Å². The molecule has 4 rings (SSSR count). The predicted octanol–water partition coefficient (Wildman–Crippen LogP) is 4.23. The zero-order valence-corrected chi connectivity index (χ0v) is 19.9. The number of urea groups is 1. The molecule has 2 heterocycles. The van der Waals surface area contributed by atoms with Crippen molar-refractivity contribution in [3.63, 3.8) is 0 Å². The maximum atomic E-state index is 13.2. The molecule has 3 amide bonds. The summed E-state index contributed by atoms with van der Waals surface area (Å²) in [6.45, 7) is 5.23. The van der Waals surface area contributed by atoms with E-state index in [-0.39, 0.29) is 18.2 Å². The summed E-state index contributed by atoms with van der Waals surface area (Å²) >= 11 is 0. The number of rotatable bonds is 8. The van der Waals surface area contributed by atoms with Crippen LogP contribution in [0.1, 0.15) is 40.7 Å². The first-order valence-electron chi connectivity index (χ1n) is 11.3. The van der Waals surface area contributed by atoms with Crippen molar-refractivity contribution >= 4 is 17.7 Å². The third-order valence-corrected chi connectivity index (χ3v) is 6.47. The Bertz CT molecular complexity index is 1230. The second-order valence-electron chi connectivity index (χ2n) is 8.88. The maximum Gasteiger partial charge on any atom is 0.325 e. The molecule has 1 aliphatic heterocycles. The molecule has 7 nitrogen and oxygen atoms in total. The van der Waals surface area contributed by atoms with Gasteiger partial charge in [0.15, 0.2) is 5.78 Å². The lowest BCUT2D eigenvalue weighted by atomic mass is 9.93. The first kappa shape index (κ1) is 23.3. The number of imide groups is 1. The van der Waals surface area contributed by atoms with Crippen LogP contribution < -0.4 is 10.1 Å². The number of carbonyl (C=O) groups excluding carboxylic acids is 3. The molecule has 1 aliphatic rings. The molecule has 7 heteroatoms. The molecule has 176 valence electrons. The van der Waals surface area contributed by atoms with Gasteiger partial charge in [0, 0.05) is 22.6 Å². The molecule has 1 saturated heterocycles. The average Bonchev–Trinajstić information content (AvgIpc) is 3.25. The van der Waals surface area contributed by atoms with Crippen LogP contribution in [0.2, 0.25) is 0 Å². The van der Waals surface area contributed by atoms with Gasteiger partial charge < -0.3 is 14.6 Å². The number of carbonyl (C=O) groups is 3. The van der Waals surface area contributed by atoms with Gasteiger partial charge in [0.2, 0.25) is 0 Å². The van der Waals surface area contributed by atoms with Crippen LogP contribution in [0.5, 0.6) is 5.75 Å². The number of nitrogens with zero attached hydrogens (tertiary/aromatic N) is 2. The number of para-hydroxylation sites is 1. The molecule has 34 heavy (non-hydrogen) atoms. The number of hydrogen-bond donors (Lipinski definition) is 1. The number of ketones is 1. The number of benzene rings is 2. The molecule has 3 aromatic rings. The van der Waals surface area contributed by atoms with Crippen LogP contribution in [0, 0.1) is 13.8 Å². The molecule has 1 atom stereocenters. The molecule has 1 fully saturated rings. The van der Waals surface area contributed by atoms with E-state index >= 15 is 0 Å². The highest BCUT2D eigenvalue weighted by atomic mass is 16.5. The van der Waals surface area contributed by atoms with Gasteiger partial charge in [-0.3, -0.25) is 14.5 Å². The number of methoxy groups -OCH3 is 1. The summed E-state index contributed by atoms with van der Waals surface area (Å²) in [6, 6.07) is 18.6. The van der Waals surface area contributed by atoms with Crippen LogP contribution >= 0.6 is 0 Å². The highest BCUT2D eigenvalue weighted by Gasteiger charge is 2.48. The number of Topliss-reactive ketones (excluding diaryl/α,β-unsaturated/α-hetero) is 1. The van der Waals surface area contributed by atoms with E-state index in [0.29, 0.717) is 18.4 Å². The SMILES string of the molecule is COc1ccc(CC[C@@]2(C)NC(=O)N(CC(=O)c3cc(C)n(-c4ccccc4)c3C)C2=O)cc1. The van der Waals surface area contributed by atoms with Gasteiger partial charge in [-0.2, -0.15) is 0 Å². The minimum atomic E-state index is -1.06. The van der Waals surface area contributed by atoms with Gasteiger partial charge in [-0.15, -0.1) is 0 Å². The molecule has 1 N–H and O–H groups in total. The van der Waals surface area contributed by atoms with Gasteiger partial charge in [-0.05, 0) is 69.5 Å². The lowest BCUT2D eigenvalue weighted by molar-refractivity contribution is -0.130. The Morgan fingerprint density at radius 3 is 2.35 bits per heavy atom. The Labute approximate surface area is 199 Å². The summed E-state index contributed by atoms with van der Waals surface area (Å²) in [4.78, 5) is 40.0. The van der Waals surface area contributed by atoms with Crippen molar-refractivity contribution in [2.24, 2.45) is 0 Å². The molecular formula is C27H29N3O4. The zero-order chi connectivity index (χ0) is 24.5. The van der Waals surface area contributed by atoms with E-state index in [2.05, 4.69) is 5.32 Å². The highest BCUT2D eigenvalue weighted by molar-refractivity contribution is 6.11. The Morgan fingerprint density at radius 1 is 1.03 bits per heavy atom. The summed E-state index contributed by atoms with van der Waals surface area (Å²) < 4.78 is 7.17. The molecule has 1 aromatic heterocycles. The number of amides is 3. The third-order valence-electron chi connectivity index (χ3n) is 6.47. The normalized spacial score (nSPS) is 17.7. The lowest BCUT2D eigenvalue weighted by Crippen LogP contribution is -2.44. The van der Waals surface area contributed by atoms with E-state index in [4.69, 9.17) is 4.74 Å². The molecule has 0 radical (unpaired) electrons. The number of hydrogen-bond acceptors (Lipinski definition) is 4. The summed E-state index contributed by atoms with van der Waals surface area (Å²) in [5.74, 6) is 0.117. The predicted molar refractivity (Wildman–Crippen MR) is 130 cm³/mol. The second kappa shape index (κ2) is 9.17. The topological polar surface area (TPSA) is 80.6 Å². The largest absolute Gasteiger partial charge is 0.497 e. The van der Waals surface area contributed by atoms with Gasteiger partial charge in [0.25, 0.3) is 5.91 Å². The van der Waals surface area contributed by atoms with Gasteiger partial charge >= 0.3 is 6.03 Å². The summed E-state index contributed by atoms with van der Waals surface area (Å²) in [6.07, 6.45) is 1.03. The highest BCUT2D eigenvalue weighted by Crippen LogP contribution is 2.26. The van der Waals surface area contributed by atoms with E-state index in [1.54, 1.807) is 14.0 Å². The van der Waals surface area contributed by atoms with E-state index in [9.17, 15) is 14.4 Å². The van der Waals surface area contributed by atoms with Gasteiger partial charge in [-0.25, -0.2) is 4.79 Å². The van der Waals surface area contributed by atoms with Crippen molar-refractivity contribution in [2.75, 3.05) is 13.7 Å². The average molecular weight is 460 g/mol. The number of aromatic nitrogens is 1.